The fraction of sp³-hybridized carbons (Fsp3) is 1.00. The van der Waals surface area contributed by atoms with E-state index in [-0.39, 0.29) is 25.2 Å². The van der Waals surface area contributed by atoms with Gasteiger partial charge in [0.2, 0.25) is 0 Å². The standard InChI is InChI=1S/2C5H11O3.C4H10N.Ti/c2*1-4(6)8-5(2)7-3;1-2-3-4-5;/h2*4-5H,1-3H3;1-5H2;/q2*-1;;+2. The molecule has 0 aromatic carbocycles. The van der Waals surface area contributed by atoms with Crippen molar-refractivity contribution in [3.05, 3.63) is 0 Å². The first-order valence-electron chi connectivity index (χ1n) is 7.68. The van der Waals surface area contributed by atoms with Gasteiger partial charge in [0.1, 0.15) is 0 Å². The van der Waals surface area contributed by atoms with Crippen LogP contribution in [0.25, 0.3) is 0 Å². The fourth-order valence-corrected chi connectivity index (χ4v) is 4.26. The monoisotopic (exact) mass is 358 g/mol. The van der Waals surface area contributed by atoms with E-state index in [0.717, 1.165) is 17.6 Å². The summed E-state index contributed by atoms with van der Waals surface area (Å²) >= 11 is -2.24. The molecule has 4 unspecified atom stereocenters. The second-order valence-corrected chi connectivity index (χ2v) is 7.55. The summed E-state index contributed by atoms with van der Waals surface area (Å²) < 4.78 is 34.0. The topological polar surface area (TPSA) is 81.4 Å². The van der Waals surface area contributed by atoms with Gasteiger partial charge in [0.05, 0.1) is 0 Å². The molecule has 0 aliphatic heterocycles. The van der Waals surface area contributed by atoms with Gasteiger partial charge in [-0.3, -0.25) is 0 Å². The summed E-state index contributed by atoms with van der Waals surface area (Å²) in [5.41, 5.74) is 5.54. The maximum absolute atomic E-state index is 5.94. The van der Waals surface area contributed by atoms with Crippen LogP contribution in [0.3, 0.4) is 0 Å². The molecule has 0 saturated heterocycles. The van der Waals surface area contributed by atoms with E-state index in [2.05, 4.69) is 0 Å². The average Bonchev–Trinajstić information content (AvgIpc) is 2.46. The predicted octanol–water partition coefficient (Wildman–Crippen LogP) is 2.33. The van der Waals surface area contributed by atoms with Crippen LogP contribution in [0.15, 0.2) is 0 Å². The van der Waals surface area contributed by atoms with E-state index >= 15 is 0 Å². The maximum atomic E-state index is 5.94. The quantitative estimate of drug-likeness (QED) is 0.290. The number of rotatable bonds is 14. The van der Waals surface area contributed by atoms with E-state index in [1.54, 1.807) is 14.2 Å². The molecule has 0 amide bonds. The van der Waals surface area contributed by atoms with Crippen LogP contribution in [-0.2, 0) is 44.2 Å². The zero-order chi connectivity index (χ0) is 17.0. The summed E-state index contributed by atoms with van der Waals surface area (Å²) in [6.07, 6.45) is 0.535. The molecule has 0 fully saturated rings. The van der Waals surface area contributed by atoms with Gasteiger partial charge in [0.15, 0.2) is 0 Å². The first-order valence-corrected chi connectivity index (χ1v) is 10.1. The van der Waals surface area contributed by atoms with Crippen molar-refractivity contribution < 1.29 is 44.2 Å². The van der Waals surface area contributed by atoms with Crippen molar-refractivity contribution in [2.75, 3.05) is 20.8 Å². The Hall–Kier alpha value is 0.434. The molecule has 0 aromatic rings. The second kappa shape index (κ2) is 13.8. The molecule has 0 bridgehead atoms. The van der Waals surface area contributed by atoms with Gasteiger partial charge < -0.3 is 0 Å². The zero-order valence-electron chi connectivity index (χ0n) is 14.7. The Morgan fingerprint density at radius 3 is 1.59 bits per heavy atom. The van der Waals surface area contributed by atoms with Gasteiger partial charge in [-0.1, -0.05) is 0 Å². The van der Waals surface area contributed by atoms with Crippen LogP contribution in [0.2, 0.25) is 4.73 Å². The number of methoxy groups -OCH3 is 2. The van der Waals surface area contributed by atoms with Crippen molar-refractivity contribution >= 4 is 0 Å². The van der Waals surface area contributed by atoms with E-state index in [9.17, 15) is 0 Å². The van der Waals surface area contributed by atoms with E-state index in [4.69, 9.17) is 31.3 Å². The summed E-state index contributed by atoms with van der Waals surface area (Å²) in [7, 11) is 3.18. The van der Waals surface area contributed by atoms with E-state index in [1.807, 2.05) is 27.7 Å². The summed E-state index contributed by atoms with van der Waals surface area (Å²) in [4.78, 5) is 0. The average molecular weight is 358 g/mol. The Labute approximate surface area is 141 Å². The predicted molar refractivity (Wildman–Crippen MR) is 79.3 cm³/mol. The number of hydrogen-bond acceptors (Lipinski definition) is 7. The van der Waals surface area contributed by atoms with Crippen LogP contribution >= 0.6 is 0 Å². The minimum atomic E-state index is -2.24. The van der Waals surface area contributed by atoms with Crippen molar-refractivity contribution in [2.24, 2.45) is 5.73 Å². The molecule has 8 heteroatoms. The Balaban J connectivity index is 4.34. The van der Waals surface area contributed by atoms with Crippen LogP contribution in [0.5, 0.6) is 0 Å². The third-order valence-corrected chi connectivity index (χ3v) is 5.91. The molecule has 4 atom stereocenters. The molecule has 0 aliphatic carbocycles. The molecular formula is C14H32NO6Ti. The van der Waals surface area contributed by atoms with E-state index < -0.39 is 18.6 Å². The summed E-state index contributed by atoms with van der Waals surface area (Å²) in [6.45, 7) is 8.00. The number of hydrogen-bond donors (Lipinski definition) is 1. The van der Waals surface area contributed by atoms with Crippen molar-refractivity contribution in [1.82, 2.24) is 0 Å². The first-order chi connectivity index (χ1) is 10.4. The molecule has 0 aliphatic rings. The first kappa shape index (κ1) is 22.4. The van der Waals surface area contributed by atoms with Crippen molar-refractivity contribution in [3.63, 3.8) is 0 Å². The molecule has 0 aromatic heterocycles. The van der Waals surface area contributed by atoms with Gasteiger partial charge in [-0.05, 0) is 0 Å². The summed E-state index contributed by atoms with van der Waals surface area (Å²) in [6, 6.07) is 0. The molecule has 0 saturated carbocycles. The normalized spacial score (nSPS) is 17.0. The molecule has 22 heavy (non-hydrogen) atoms. The zero-order valence-corrected chi connectivity index (χ0v) is 16.2. The summed E-state index contributed by atoms with van der Waals surface area (Å²) in [5, 5.41) is 0. The third kappa shape index (κ3) is 11.9. The van der Waals surface area contributed by atoms with Gasteiger partial charge >= 0.3 is 141 Å². The third-order valence-electron chi connectivity index (χ3n) is 2.86. The van der Waals surface area contributed by atoms with Crippen molar-refractivity contribution in [1.29, 1.82) is 0 Å². The number of nitrogens with two attached hydrogens (primary N) is 1. The molecule has 2 N–H and O–H groups in total. The SMILES string of the molecule is COC(C)OC(C)[O][Ti]([CH2]CCCN)[O]C(C)OC(C)OC. The Morgan fingerprint density at radius 2 is 1.23 bits per heavy atom. The van der Waals surface area contributed by atoms with Crippen LogP contribution in [0, 0.1) is 0 Å². The fourth-order valence-electron chi connectivity index (χ4n) is 1.64. The minimum absolute atomic E-state index is 0.319. The number of ether oxygens (including phenoxy) is 4. The van der Waals surface area contributed by atoms with Gasteiger partial charge in [0, 0.05) is 0 Å². The second-order valence-electron chi connectivity index (χ2n) is 4.87. The molecular weight excluding hydrogens is 326 g/mol. The summed E-state index contributed by atoms with van der Waals surface area (Å²) in [5.74, 6) is 0. The van der Waals surface area contributed by atoms with Crippen LogP contribution in [0.1, 0.15) is 40.5 Å². The van der Waals surface area contributed by atoms with E-state index in [1.165, 1.54) is 0 Å². The van der Waals surface area contributed by atoms with Gasteiger partial charge in [0.25, 0.3) is 0 Å². The number of unbranched alkanes of at least 4 members (excludes halogenated alkanes) is 1. The van der Waals surface area contributed by atoms with Crippen molar-refractivity contribution in [3.8, 4) is 0 Å². The molecule has 0 rings (SSSR count). The Bertz CT molecular complexity index is 241. The molecule has 0 heterocycles. The Kier molecular flexibility index (Phi) is 14.1. The molecule has 0 spiro atoms. The van der Waals surface area contributed by atoms with Crippen LogP contribution in [-0.4, -0.2) is 45.9 Å². The van der Waals surface area contributed by atoms with Crippen molar-refractivity contribution in [2.45, 2.75) is 70.4 Å². The van der Waals surface area contributed by atoms with E-state index in [0.29, 0.717) is 6.54 Å². The Morgan fingerprint density at radius 1 is 0.773 bits per heavy atom. The molecule has 7 nitrogen and oxygen atoms in total. The van der Waals surface area contributed by atoms with Crippen LogP contribution in [0.4, 0.5) is 0 Å². The molecule has 0 radical (unpaired) electrons. The molecule has 133 valence electrons. The van der Waals surface area contributed by atoms with Gasteiger partial charge in [-0.25, -0.2) is 0 Å². The van der Waals surface area contributed by atoms with Gasteiger partial charge in [-0.2, -0.15) is 0 Å². The van der Waals surface area contributed by atoms with Gasteiger partial charge in [-0.15, -0.1) is 0 Å². The van der Waals surface area contributed by atoms with Crippen LogP contribution < -0.4 is 5.73 Å².